The molecule has 1 N–H and O–H groups in total. The summed E-state index contributed by atoms with van der Waals surface area (Å²) in [5.41, 5.74) is 3.46. The molecule has 0 radical (unpaired) electrons. The van der Waals surface area contributed by atoms with Gasteiger partial charge in [0.1, 0.15) is 12.3 Å². The van der Waals surface area contributed by atoms with Gasteiger partial charge < -0.3 is 15.0 Å². The maximum Gasteiger partial charge on any atom is 0.265 e. The first-order valence-electron chi connectivity index (χ1n) is 9.31. The normalized spacial score (nSPS) is 14.9. The van der Waals surface area contributed by atoms with E-state index in [2.05, 4.69) is 5.32 Å². The third kappa shape index (κ3) is 3.91. The summed E-state index contributed by atoms with van der Waals surface area (Å²) in [4.78, 5) is 39.5. The summed E-state index contributed by atoms with van der Waals surface area (Å²) in [5, 5.41) is 3.31. The lowest BCUT2D eigenvalue weighted by atomic mass is 10.1. The van der Waals surface area contributed by atoms with Crippen LogP contribution in [0.3, 0.4) is 0 Å². The first-order chi connectivity index (χ1) is 13.9. The second-order valence-corrected chi connectivity index (χ2v) is 7.48. The topological polar surface area (TPSA) is 79.0 Å². The summed E-state index contributed by atoms with van der Waals surface area (Å²) in [6, 6.07) is 10.8. The predicted octanol–water partition coefficient (Wildman–Crippen LogP) is 2.29. The summed E-state index contributed by atoms with van der Waals surface area (Å²) < 4.78 is 5.39. The minimum atomic E-state index is -0.295. The number of nitrogens with zero attached hydrogens (tertiary/aromatic N) is 2. The highest BCUT2D eigenvalue weighted by Crippen LogP contribution is 2.34. The number of carbonyl (C=O) groups is 3. The van der Waals surface area contributed by atoms with Crippen LogP contribution in [0.5, 0.6) is 5.75 Å². The predicted molar refractivity (Wildman–Crippen MR) is 109 cm³/mol. The van der Waals surface area contributed by atoms with Gasteiger partial charge in [0.15, 0.2) is 6.61 Å². The first kappa shape index (κ1) is 19.3. The van der Waals surface area contributed by atoms with Crippen LogP contribution in [0.15, 0.2) is 36.4 Å². The van der Waals surface area contributed by atoms with Crippen molar-refractivity contribution in [3.63, 3.8) is 0 Å². The van der Waals surface area contributed by atoms with Crippen LogP contribution in [-0.4, -0.2) is 37.4 Å². The number of hydrogen-bond acceptors (Lipinski definition) is 4. The maximum absolute atomic E-state index is 12.5. The van der Waals surface area contributed by atoms with E-state index in [9.17, 15) is 14.4 Å². The van der Waals surface area contributed by atoms with E-state index in [4.69, 9.17) is 16.3 Å². The van der Waals surface area contributed by atoms with Gasteiger partial charge in [-0.05, 0) is 41.8 Å². The molecule has 0 atom stereocenters. The van der Waals surface area contributed by atoms with Gasteiger partial charge in [0.25, 0.3) is 5.91 Å². The van der Waals surface area contributed by atoms with E-state index in [-0.39, 0.29) is 30.9 Å². The Bertz CT molecular complexity index is 1010. The molecule has 150 valence electrons. The largest absolute Gasteiger partial charge is 0.482 e. The van der Waals surface area contributed by atoms with Crippen molar-refractivity contribution < 1.29 is 19.1 Å². The molecule has 0 unspecified atom stereocenters. The van der Waals surface area contributed by atoms with Gasteiger partial charge in [0.05, 0.1) is 5.69 Å². The van der Waals surface area contributed by atoms with Crippen molar-refractivity contribution in [2.24, 2.45) is 0 Å². The van der Waals surface area contributed by atoms with Crippen LogP contribution in [-0.2, 0) is 27.3 Å². The number of amides is 3. The highest BCUT2D eigenvalue weighted by Gasteiger charge is 2.27. The number of carbonyl (C=O) groups excluding carboxylic acids is 3. The van der Waals surface area contributed by atoms with Crippen molar-refractivity contribution in [3.05, 3.63) is 52.5 Å². The summed E-state index contributed by atoms with van der Waals surface area (Å²) in [7, 11) is 0. The summed E-state index contributed by atoms with van der Waals surface area (Å²) >= 11 is 6.03. The van der Waals surface area contributed by atoms with Crippen molar-refractivity contribution >= 4 is 40.7 Å². The van der Waals surface area contributed by atoms with Crippen LogP contribution in [0, 0.1) is 0 Å². The SMILES string of the molecule is CC(=O)N1CCc2cc(CNC(=O)CN3C(=O)COc4ccc(Cl)cc43)ccc21. The summed E-state index contributed by atoms with van der Waals surface area (Å²) in [6.45, 7) is 2.36. The van der Waals surface area contributed by atoms with Gasteiger partial charge in [0, 0.05) is 30.7 Å². The van der Waals surface area contributed by atoms with Gasteiger partial charge >= 0.3 is 0 Å². The van der Waals surface area contributed by atoms with Crippen LogP contribution < -0.4 is 19.9 Å². The maximum atomic E-state index is 12.5. The van der Waals surface area contributed by atoms with Crippen LogP contribution in [0.2, 0.25) is 5.02 Å². The van der Waals surface area contributed by atoms with E-state index in [1.165, 1.54) is 4.90 Å². The Morgan fingerprint density at radius 3 is 2.79 bits per heavy atom. The lowest BCUT2D eigenvalue weighted by molar-refractivity contribution is -0.125. The van der Waals surface area contributed by atoms with E-state index in [0.717, 1.165) is 23.2 Å². The van der Waals surface area contributed by atoms with E-state index in [1.54, 1.807) is 30.0 Å². The van der Waals surface area contributed by atoms with Gasteiger partial charge in [-0.15, -0.1) is 0 Å². The van der Waals surface area contributed by atoms with Crippen LogP contribution in [0.4, 0.5) is 11.4 Å². The van der Waals surface area contributed by atoms with Gasteiger partial charge in [-0.3, -0.25) is 19.3 Å². The van der Waals surface area contributed by atoms with Crippen LogP contribution in [0.1, 0.15) is 18.1 Å². The smallest absolute Gasteiger partial charge is 0.265 e. The van der Waals surface area contributed by atoms with E-state index in [0.29, 0.717) is 29.5 Å². The van der Waals surface area contributed by atoms with Crippen molar-refractivity contribution in [3.8, 4) is 5.75 Å². The molecule has 4 rings (SSSR count). The summed E-state index contributed by atoms with van der Waals surface area (Å²) in [6.07, 6.45) is 0.802. The number of hydrogen-bond donors (Lipinski definition) is 1. The molecule has 2 aliphatic rings. The molecule has 0 saturated heterocycles. The second kappa shape index (κ2) is 7.75. The Morgan fingerprint density at radius 1 is 1.17 bits per heavy atom. The standard InChI is InChI=1S/C21H20ClN3O4/c1-13(26)24-7-6-15-8-14(2-4-17(15)24)10-23-20(27)11-25-18-9-16(22)3-5-19(18)29-12-21(25)28/h2-5,8-9H,6-7,10-12H2,1H3,(H,23,27). The molecule has 7 nitrogen and oxygen atoms in total. The Hall–Kier alpha value is -3.06. The molecule has 2 heterocycles. The Labute approximate surface area is 173 Å². The Balaban J connectivity index is 1.41. The van der Waals surface area contributed by atoms with Crippen molar-refractivity contribution in [2.75, 3.05) is 29.5 Å². The van der Waals surface area contributed by atoms with Gasteiger partial charge in [0.2, 0.25) is 11.8 Å². The zero-order valence-electron chi connectivity index (χ0n) is 15.9. The molecule has 0 bridgehead atoms. The highest BCUT2D eigenvalue weighted by molar-refractivity contribution is 6.31. The summed E-state index contributed by atoms with van der Waals surface area (Å²) in [5.74, 6) is -0.0235. The number of nitrogens with one attached hydrogen (secondary N) is 1. The molecule has 0 aromatic heterocycles. The molecule has 0 aliphatic carbocycles. The zero-order chi connectivity index (χ0) is 20.5. The number of benzene rings is 2. The number of anilines is 2. The molecule has 2 aromatic rings. The Morgan fingerprint density at radius 2 is 2.00 bits per heavy atom. The average molecular weight is 414 g/mol. The lowest BCUT2D eigenvalue weighted by Crippen LogP contribution is -2.45. The monoisotopic (exact) mass is 413 g/mol. The molecular formula is C21H20ClN3O4. The average Bonchev–Trinajstić information content (AvgIpc) is 3.12. The molecule has 2 aliphatic heterocycles. The molecular weight excluding hydrogens is 394 g/mol. The fourth-order valence-electron chi connectivity index (χ4n) is 3.64. The number of ether oxygens (including phenoxy) is 1. The molecule has 8 heteroatoms. The Kier molecular flexibility index (Phi) is 5.15. The third-order valence-corrected chi connectivity index (χ3v) is 5.31. The van der Waals surface area contributed by atoms with Gasteiger partial charge in [-0.2, -0.15) is 0 Å². The van der Waals surface area contributed by atoms with E-state index in [1.807, 2.05) is 18.2 Å². The number of rotatable bonds is 4. The zero-order valence-corrected chi connectivity index (χ0v) is 16.7. The minimum absolute atomic E-state index is 0.0281. The van der Waals surface area contributed by atoms with E-state index >= 15 is 0 Å². The lowest BCUT2D eigenvalue weighted by Gasteiger charge is -2.29. The van der Waals surface area contributed by atoms with Crippen LogP contribution >= 0.6 is 11.6 Å². The first-order valence-corrected chi connectivity index (χ1v) is 9.69. The second-order valence-electron chi connectivity index (χ2n) is 7.04. The van der Waals surface area contributed by atoms with E-state index < -0.39 is 0 Å². The molecule has 29 heavy (non-hydrogen) atoms. The molecule has 0 saturated carbocycles. The number of fused-ring (bicyclic) bond motifs is 2. The minimum Gasteiger partial charge on any atom is -0.482 e. The quantitative estimate of drug-likeness (QED) is 0.834. The molecule has 3 amide bonds. The fraction of sp³-hybridized carbons (Fsp3) is 0.286. The third-order valence-electron chi connectivity index (χ3n) is 5.07. The van der Waals surface area contributed by atoms with Crippen molar-refractivity contribution in [1.82, 2.24) is 5.32 Å². The number of halogens is 1. The van der Waals surface area contributed by atoms with Crippen LogP contribution in [0.25, 0.3) is 0 Å². The highest BCUT2D eigenvalue weighted by atomic mass is 35.5. The molecule has 0 spiro atoms. The fourth-order valence-corrected chi connectivity index (χ4v) is 3.81. The van der Waals surface area contributed by atoms with Crippen molar-refractivity contribution in [1.29, 1.82) is 0 Å². The van der Waals surface area contributed by atoms with Gasteiger partial charge in [-0.1, -0.05) is 23.7 Å². The molecule has 2 aromatic carbocycles. The van der Waals surface area contributed by atoms with Crippen molar-refractivity contribution in [2.45, 2.75) is 19.9 Å². The van der Waals surface area contributed by atoms with Gasteiger partial charge in [-0.25, -0.2) is 0 Å². The molecule has 0 fully saturated rings.